The SMILES string of the molecule is O=C(NCC1CC1NC(=O)c1cc2n(c1)CCCC2)c1ccnnc1. The lowest BCUT2D eigenvalue weighted by molar-refractivity contribution is 0.0949. The van der Waals surface area contributed by atoms with Gasteiger partial charge in [-0.25, -0.2) is 0 Å². The topological polar surface area (TPSA) is 88.9 Å². The van der Waals surface area contributed by atoms with Crippen molar-refractivity contribution in [2.45, 2.75) is 38.3 Å². The highest BCUT2D eigenvalue weighted by Gasteiger charge is 2.38. The first-order chi connectivity index (χ1) is 12.2. The number of carbonyl (C=O) groups is 2. The van der Waals surface area contributed by atoms with E-state index in [1.807, 2.05) is 12.3 Å². The van der Waals surface area contributed by atoms with E-state index in [1.54, 1.807) is 6.07 Å². The van der Waals surface area contributed by atoms with Crippen LogP contribution < -0.4 is 10.6 Å². The van der Waals surface area contributed by atoms with Crippen molar-refractivity contribution < 1.29 is 9.59 Å². The van der Waals surface area contributed by atoms with Crippen molar-refractivity contribution in [1.82, 2.24) is 25.4 Å². The molecule has 0 spiro atoms. The molecule has 130 valence electrons. The molecule has 0 radical (unpaired) electrons. The Morgan fingerprint density at radius 3 is 2.92 bits per heavy atom. The van der Waals surface area contributed by atoms with Crippen molar-refractivity contribution in [3.8, 4) is 0 Å². The first-order valence-electron chi connectivity index (χ1n) is 8.75. The van der Waals surface area contributed by atoms with Gasteiger partial charge in [0.1, 0.15) is 0 Å². The first kappa shape index (κ1) is 15.8. The Morgan fingerprint density at radius 2 is 2.12 bits per heavy atom. The van der Waals surface area contributed by atoms with Gasteiger partial charge in [0.25, 0.3) is 11.8 Å². The van der Waals surface area contributed by atoms with Gasteiger partial charge in [0, 0.05) is 31.0 Å². The maximum atomic E-state index is 12.4. The number of aryl methyl sites for hydroxylation is 2. The van der Waals surface area contributed by atoms with Crippen LogP contribution in [0, 0.1) is 5.92 Å². The van der Waals surface area contributed by atoms with Crippen molar-refractivity contribution in [3.63, 3.8) is 0 Å². The number of aromatic nitrogens is 3. The summed E-state index contributed by atoms with van der Waals surface area (Å²) in [6.07, 6.45) is 9.22. The number of carbonyl (C=O) groups excluding carboxylic acids is 2. The molecule has 4 rings (SSSR count). The van der Waals surface area contributed by atoms with E-state index >= 15 is 0 Å². The Labute approximate surface area is 145 Å². The molecule has 1 aliphatic carbocycles. The van der Waals surface area contributed by atoms with Gasteiger partial charge in [0.2, 0.25) is 0 Å². The van der Waals surface area contributed by atoms with E-state index in [2.05, 4.69) is 25.4 Å². The number of amides is 2. The highest BCUT2D eigenvalue weighted by molar-refractivity contribution is 5.95. The van der Waals surface area contributed by atoms with Crippen LogP contribution in [-0.2, 0) is 13.0 Å². The number of fused-ring (bicyclic) bond motifs is 1. The lowest BCUT2D eigenvalue weighted by atomic mass is 10.1. The van der Waals surface area contributed by atoms with E-state index in [0.29, 0.717) is 18.0 Å². The lowest BCUT2D eigenvalue weighted by Gasteiger charge is -2.13. The smallest absolute Gasteiger partial charge is 0.253 e. The fourth-order valence-corrected chi connectivity index (χ4v) is 3.34. The molecule has 2 atom stereocenters. The van der Waals surface area contributed by atoms with Crippen molar-refractivity contribution in [2.24, 2.45) is 5.92 Å². The molecule has 2 N–H and O–H groups in total. The van der Waals surface area contributed by atoms with Gasteiger partial charge in [-0.1, -0.05) is 0 Å². The Balaban J connectivity index is 1.25. The average Bonchev–Trinajstić information content (AvgIpc) is 3.23. The highest BCUT2D eigenvalue weighted by atomic mass is 16.2. The van der Waals surface area contributed by atoms with Gasteiger partial charge in [-0.3, -0.25) is 9.59 Å². The van der Waals surface area contributed by atoms with E-state index < -0.39 is 0 Å². The molecule has 25 heavy (non-hydrogen) atoms. The van der Waals surface area contributed by atoms with Gasteiger partial charge in [0.15, 0.2) is 0 Å². The van der Waals surface area contributed by atoms with Crippen molar-refractivity contribution in [3.05, 3.63) is 47.5 Å². The summed E-state index contributed by atoms with van der Waals surface area (Å²) in [4.78, 5) is 24.4. The Hall–Kier alpha value is -2.70. The second-order valence-corrected chi connectivity index (χ2v) is 6.79. The average molecular weight is 339 g/mol. The van der Waals surface area contributed by atoms with Crippen LogP contribution in [0.3, 0.4) is 0 Å². The monoisotopic (exact) mass is 339 g/mol. The molecular weight excluding hydrogens is 318 g/mol. The molecule has 2 aromatic rings. The van der Waals surface area contributed by atoms with Crippen molar-refractivity contribution >= 4 is 11.8 Å². The summed E-state index contributed by atoms with van der Waals surface area (Å²) in [7, 11) is 0. The van der Waals surface area contributed by atoms with Crippen LogP contribution in [0.15, 0.2) is 30.7 Å². The fraction of sp³-hybridized carbons (Fsp3) is 0.444. The molecule has 2 aromatic heterocycles. The molecule has 0 aromatic carbocycles. The Kier molecular flexibility index (Phi) is 4.21. The van der Waals surface area contributed by atoms with E-state index in [4.69, 9.17) is 0 Å². The number of nitrogens with zero attached hydrogens (tertiary/aromatic N) is 3. The van der Waals surface area contributed by atoms with Gasteiger partial charge in [0.05, 0.1) is 23.5 Å². The van der Waals surface area contributed by atoms with Crippen LogP contribution in [0.2, 0.25) is 0 Å². The van der Waals surface area contributed by atoms with Crippen LogP contribution in [0.25, 0.3) is 0 Å². The minimum absolute atomic E-state index is 0.0148. The van der Waals surface area contributed by atoms with Gasteiger partial charge >= 0.3 is 0 Å². The molecular formula is C18H21N5O2. The molecule has 2 unspecified atom stereocenters. The largest absolute Gasteiger partial charge is 0.352 e. The van der Waals surface area contributed by atoms with E-state index in [1.165, 1.54) is 30.9 Å². The summed E-state index contributed by atoms with van der Waals surface area (Å²) in [6, 6.07) is 3.77. The second kappa shape index (κ2) is 6.66. The van der Waals surface area contributed by atoms with E-state index in [9.17, 15) is 9.59 Å². The van der Waals surface area contributed by atoms with Gasteiger partial charge in [-0.05, 0) is 43.7 Å². The van der Waals surface area contributed by atoms with Crippen LogP contribution >= 0.6 is 0 Å². The van der Waals surface area contributed by atoms with E-state index in [0.717, 1.165) is 24.9 Å². The van der Waals surface area contributed by atoms with Gasteiger partial charge in [-0.2, -0.15) is 10.2 Å². The lowest BCUT2D eigenvalue weighted by Crippen LogP contribution is -2.31. The fourth-order valence-electron chi connectivity index (χ4n) is 3.34. The molecule has 1 saturated carbocycles. The maximum Gasteiger partial charge on any atom is 0.253 e. The molecule has 7 nitrogen and oxygen atoms in total. The standard InChI is InChI=1S/C18H21N5O2/c24-17(12-4-5-20-21-10-12)19-9-13-8-16(13)22-18(25)14-7-15-3-1-2-6-23(15)11-14/h4-5,7,10-11,13,16H,1-3,6,8-9H2,(H,19,24)(H,22,25). The van der Waals surface area contributed by atoms with Crippen molar-refractivity contribution in [2.75, 3.05) is 6.54 Å². The number of hydrogen-bond donors (Lipinski definition) is 2. The summed E-state index contributed by atoms with van der Waals surface area (Å²) in [5.41, 5.74) is 2.49. The Morgan fingerprint density at radius 1 is 1.20 bits per heavy atom. The second-order valence-electron chi connectivity index (χ2n) is 6.79. The third kappa shape index (κ3) is 3.55. The van der Waals surface area contributed by atoms with Crippen molar-refractivity contribution in [1.29, 1.82) is 0 Å². The summed E-state index contributed by atoms with van der Waals surface area (Å²) < 4.78 is 2.19. The third-order valence-corrected chi connectivity index (χ3v) is 4.94. The minimum atomic E-state index is -0.160. The predicted octanol–water partition coefficient (Wildman–Crippen LogP) is 1.16. The molecule has 0 saturated heterocycles. The number of nitrogens with one attached hydrogen (secondary N) is 2. The third-order valence-electron chi connectivity index (χ3n) is 4.94. The Bertz CT molecular complexity index is 763. The summed E-state index contributed by atoms with van der Waals surface area (Å²) in [6.45, 7) is 1.56. The normalized spacial score (nSPS) is 21.3. The highest BCUT2D eigenvalue weighted by Crippen LogP contribution is 2.30. The van der Waals surface area contributed by atoms with Gasteiger partial charge < -0.3 is 15.2 Å². The molecule has 2 amide bonds. The molecule has 0 bridgehead atoms. The zero-order chi connectivity index (χ0) is 17.2. The zero-order valence-electron chi connectivity index (χ0n) is 13.9. The molecule has 2 aliphatic rings. The number of hydrogen-bond acceptors (Lipinski definition) is 4. The zero-order valence-corrected chi connectivity index (χ0v) is 13.9. The summed E-state index contributed by atoms with van der Waals surface area (Å²) in [5.74, 6) is 0.117. The molecule has 1 aliphatic heterocycles. The predicted molar refractivity (Wildman–Crippen MR) is 91.1 cm³/mol. The van der Waals surface area contributed by atoms with Crippen LogP contribution in [-0.4, -0.2) is 39.2 Å². The minimum Gasteiger partial charge on any atom is -0.352 e. The molecule has 1 fully saturated rings. The maximum absolute atomic E-state index is 12.4. The first-order valence-corrected chi connectivity index (χ1v) is 8.75. The quantitative estimate of drug-likeness (QED) is 0.856. The summed E-state index contributed by atoms with van der Waals surface area (Å²) >= 11 is 0. The molecule has 3 heterocycles. The molecule has 7 heteroatoms. The van der Waals surface area contributed by atoms with E-state index in [-0.39, 0.29) is 17.9 Å². The van der Waals surface area contributed by atoms with Crippen LogP contribution in [0.5, 0.6) is 0 Å². The van der Waals surface area contributed by atoms with Crippen LogP contribution in [0.1, 0.15) is 45.7 Å². The summed E-state index contributed by atoms with van der Waals surface area (Å²) in [5, 5.41) is 13.3. The van der Waals surface area contributed by atoms with Gasteiger partial charge in [-0.15, -0.1) is 0 Å². The number of rotatable bonds is 5. The van der Waals surface area contributed by atoms with Crippen LogP contribution in [0.4, 0.5) is 0 Å².